The maximum atomic E-state index is 12.7. The lowest BCUT2D eigenvalue weighted by molar-refractivity contribution is -0.141. The number of anilines is 1. The van der Waals surface area contributed by atoms with Gasteiger partial charge in [-0.3, -0.25) is 0 Å². The Morgan fingerprint density at radius 1 is 1.22 bits per heavy atom. The predicted molar refractivity (Wildman–Crippen MR) is 97.9 cm³/mol. The summed E-state index contributed by atoms with van der Waals surface area (Å²) >= 11 is 0. The van der Waals surface area contributed by atoms with E-state index < -0.39 is 12.7 Å². The van der Waals surface area contributed by atoms with Crippen LogP contribution in [0.2, 0.25) is 0 Å². The van der Waals surface area contributed by atoms with Gasteiger partial charge in [0.15, 0.2) is 0 Å². The number of aromatic nitrogens is 4. The van der Waals surface area contributed by atoms with E-state index in [1.165, 1.54) is 12.4 Å². The van der Waals surface area contributed by atoms with Gasteiger partial charge in [-0.25, -0.2) is 9.67 Å². The molecule has 3 aromatic rings. The smallest absolute Gasteiger partial charge is 0.375 e. The van der Waals surface area contributed by atoms with Gasteiger partial charge in [0, 0.05) is 12.4 Å². The summed E-state index contributed by atoms with van der Waals surface area (Å²) in [6.45, 7) is 3.24. The highest BCUT2D eigenvalue weighted by Crippen LogP contribution is 2.23. The van der Waals surface area contributed by atoms with Crippen LogP contribution in [0.5, 0.6) is 0 Å². The highest BCUT2D eigenvalue weighted by molar-refractivity contribution is 5.50. The van der Waals surface area contributed by atoms with Crippen LogP contribution in [0.1, 0.15) is 30.4 Å². The molecule has 5 nitrogen and oxygen atoms in total. The van der Waals surface area contributed by atoms with Crippen LogP contribution in [-0.2, 0) is 19.5 Å². The zero-order chi connectivity index (χ0) is 19.4. The van der Waals surface area contributed by atoms with E-state index in [0.29, 0.717) is 5.82 Å². The van der Waals surface area contributed by atoms with Crippen LogP contribution in [0.3, 0.4) is 0 Å². The molecule has 0 saturated carbocycles. The van der Waals surface area contributed by atoms with Crippen molar-refractivity contribution in [2.24, 2.45) is 0 Å². The van der Waals surface area contributed by atoms with E-state index in [9.17, 15) is 13.2 Å². The van der Waals surface area contributed by atoms with E-state index in [1.54, 1.807) is 6.20 Å². The van der Waals surface area contributed by atoms with Gasteiger partial charge in [-0.2, -0.15) is 18.3 Å². The van der Waals surface area contributed by atoms with E-state index >= 15 is 0 Å². The Morgan fingerprint density at radius 3 is 2.74 bits per heavy atom. The molecule has 0 aliphatic rings. The van der Waals surface area contributed by atoms with Gasteiger partial charge in [0.2, 0.25) is 0 Å². The summed E-state index contributed by atoms with van der Waals surface area (Å²) in [5, 5.41) is 7.67. The summed E-state index contributed by atoms with van der Waals surface area (Å²) in [6.07, 6.45) is 1.88. The third-order valence-electron chi connectivity index (χ3n) is 4.19. The van der Waals surface area contributed by atoms with Crippen LogP contribution in [0.4, 0.5) is 18.9 Å². The molecule has 0 aliphatic carbocycles. The summed E-state index contributed by atoms with van der Waals surface area (Å²) < 4.78 is 41.0. The standard InChI is InChI=1S/C19H22F3N5/c1-3-5-17-16(11-25-27(17)15-7-4-6-14(2)10-15)24-12-18-23-8-9-26(18)13-19(20,21)22/h4,6-11,24H,3,5,12-13H2,1-2H3. The fourth-order valence-electron chi connectivity index (χ4n) is 3.00. The molecule has 2 aromatic heterocycles. The summed E-state index contributed by atoms with van der Waals surface area (Å²) in [4.78, 5) is 4.04. The molecule has 0 unspecified atom stereocenters. The first-order valence-corrected chi connectivity index (χ1v) is 8.82. The minimum atomic E-state index is -4.28. The number of benzene rings is 1. The molecule has 2 heterocycles. The Kier molecular flexibility index (Phi) is 5.53. The Labute approximate surface area is 155 Å². The Hall–Kier alpha value is -2.77. The molecular weight excluding hydrogens is 355 g/mol. The molecular formula is C19H22F3N5. The molecule has 3 rings (SSSR count). The van der Waals surface area contributed by atoms with E-state index in [2.05, 4.69) is 22.3 Å². The van der Waals surface area contributed by atoms with Crippen molar-refractivity contribution in [3.05, 3.63) is 59.9 Å². The third kappa shape index (κ3) is 4.69. The molecule has 0 fully saturated rings. The first-order chi connectivity index (χ1) is 12.9. The largest absolute Gasteiger partial charge is 0.406 e. The van der Waals surface area contributed by atoms with Gasteiger partial charge in [0.05, 0.1) is 29.8 Å². The van der Waals surface area contributed by atoms with Crippen molar-refractivity contribution in [3.8, 4) is 5.69 Å². The fraction of sp³-hybridized carbons (Fsp3) is 0.368. The van der Waals surface area contributed by atoms with E-state index in [-0.39, 0.29) is 6.54 Å². The van der Waals surface area contributed by atoms with E-state index in [1.807, 2.05) is 35.9 Å². The second-order valence-corrected chi connectivity index (χ2v) is 6.45. The quantitative estimate of drug-likeness (QED) is 0.659. The van der Waals surface area contributed by atoms with Crippen molar-refractivity contribution in [1.82, 2.24) is 19.3 Å². The summed E-state index contributed by atoms with van der Waals surface area (Å²) in [5.74, 6) is 0.332. The maximum Gasteiger partial charge on any atom is 0.406 e. The summed E-state index contributed by atoms with van der Waals surface area (Å²) in [5.41, 5.74) is 3.90. The van der Waals surface area contributed by atoms with Crippen molar-refractivity contribution < 1.29 is 13.2 Å². The molecule has 0 spiro atoms. The fourth-order valence-corrected chi connectivity index (χ4v) is 3.00. The van der Waals surface area contributed by atoms with Gasteiger partial charge < -0.3 is 9.88 Å². The highest BCUT2D eigenvalue weighted by atomic mass is 19.4. The number of rotatable bonds is 7. The number of imidazole rings is 1. The molecule has 27 heavy (non-hydrogen) atoms. The van der Waals surface area contributed by atoms with Crippen LogP contribution in [0.15, 0.2) is 42.9 Å². The molecule has 1 N–H and O–H groups in total. The zero-order valence-corrected chi connectivity index (χ0v) is 15.3. The average molecular weight is 377 g/mol. The van der Waals surface area contributed by atoms with Gasteiger partial charge in [-0.15, -0.1) is 0 Å². The Bertz CT molecular complexity index is 895. The highest BCUT2D eigenvalue weighted by Gasteiger charge is 2.28. The second-order valence-electron chi connectivity index (χ2n) is 6.45. The van der Waals surface area contributed by atoms with Crippen LogP contribution < -0.4 is 5.32 Å². The Balaban J connectivity index is 1.81. The molecule has 1 aromatic carbocycles. The summed E-state index contributed by atoms with van der Waals surface area (Å²) in [7, 11) is 0. The monoisotopic (exact) mass is 377 g/mol. The van der Waals surface area contributed by atoms with E-state index in [0.717, 1.165) is 40.0 Å². The number of halogens is 3. The lowest BCUT2D eigenvalue weighted by Crippen LogP contribution is -2.20. The van der Waals surface area contributed by atoms with Crippen LogP contribution in [0.25, 0.3) is 5.69 Å². The molecule has 0 radical (unpaired) electrons. The van der Waals surface area contributed by atoms with Crippen molar-refractivity contribution in [2.45, 2.75) is 46.0 Å². The van der Waals surface area contributed by atoms with Crippen LogP contribution in [0, 0.1) is 6.92 Å². The number of hydrogen-bond donors (Lipinski definition) is 1. The normalized spacial score (nSPS) is 11.7. The predicted octanol–water partition coefficient (Wildman–Crippen LogP) is 4.50. The van der Waals surface area contributed by atoms with Crippen LogP contribution in [-0.4, -0.2) is 25.5 Å². The molecule has 0 saturated heterocycles. The lowest BCUT2D eigenvalue weighted by atomic mass is 10.2. The molecule has 0 aliphatic heterocycles. The van der Waals surface area contributed by atoms with Crippen molar-refractivity contribution >= 4 is 5.69 Å². The van der Waals surface area contributed by atoms with Crippen molar-refractivity contribution in [3.63, 3.8) is 0 Å². The molecule has 0 amide bonds. The average Bonchev–Trinajstić information content (AvgIpc) is 3.19. The second kappa shape index (κ2) is 7.85. The van der Waals surface area contributed by atoms with Gasteiger partial charge in [0.25, 0.3) is 0 Å². The van der Waals surface area contributed by atoms with Gasteiger partial charge >= 0.3 is 6.18 Å². The summed E-state index contributed by atoms with van der Waals surface area (Å²) in [6, 6.07) is 8.03. The lowest BCUT2D eigenvalue weighted by Gasteiger charge is -2.13. The third-order valence-corrected chi connectivity index (χ3v) is 4.19. The number of hydrogen-bond acceptors (Lipinski definition) is 3. The number of nitrogens with one attached hydrogen (secondary N) is 1. The minimum absolute atomic E-state index is 0.194. The van der Waals surface area contributed by atoms with Gasteiger partial charge in [-0.1, -0.05) is 25.5 Å². The topological polar surface area (TPSA) is 47.7 Å². The first-order valence-electron chi connectivity index (χ1n) is 8.82. The van der Waals surface area contributed by atoms with E-state index in [4.69, 9.17) is 0 Å². The minimum Gasteiger partial charge on any atom is -0.375 e. The Morgan fingerprint density at radius 2 is 2.04 bits per heavy atom. The van der Waals surface area contributed by atoms with Gasteiger partial charge in [-0.05, 0) is 31.0 Å². The molecule has 0 atom stereocenters. The maximum absolute atomic E-state index is 12.7. The van der Waals surface area contributed by atoms with Crippen molar-refractivity contribution in [1.29, 1.82) is 0 Å². The van der Waals surface area contributed by atoms with Crippen molar-refractivity contribution in [2.75, 3.05) is 5.32 Å². The molecule has 0 bridgehead atoms. The first kappa shape index (κ1) is 19.0. The SMILES string of the molecule is CCCc1c(NCc2nccn2CC(F)(F)F)cnn1-c1cccc(C)c1. The number of nitrogens with zero attached hydrogens (tertiary/aromatic N) is 4. The molecule has 8 heteroatoms. The zero-order valence-electron chi connectivity index (χ0n) is 15.3. The molecule has 144 valence electrons. The van der Waals surface area contributed by atoms with Gasteiger partial charge in [0.1, 0.15) is 12.4 Å². The number of alkyl halides is 3. The van der Waals surface area contributed by atoms with Crippen LogP contribution >= 0.6 is 0 Å². The number of aryl methyl sites for hydroxylation is 1.